The van der Waals surface area contributed by atoms with Crippen LogP contribution in [-0.2, 0) is 4.79 Å². The summed E-state index contributed by atoms with van der Waals surface area (Å²) < 4.78 is 13.0. The van der Waals surface area contributed by atoms with Crippen LogP contribution in [0.5, 0.6) is 0 Å². The number of amides is 2. The maximum atomic E-state index is 13.0. The van der Waals surface area contributed by atoms with E-state index in [2.05, 4.69) is 5.32 Å². The van der Waals surface area contributed by atoms with Gasteiger partial charge in [0.25, 0.3) is 5.91 Å². The number of benzene rings is 2. The van der Waals surface area contributed by atoms with E-state index in [1.807, 2.05) is 25.1 Å². The van der Waals surface area contributed by atoms with Crippen LogP contribution < -0.4 is 10.2 Å². The molecule has 0 aromatic heterocycles. The first kappa shape index (κ1) is 16.2. The van der Waals surface area contributed by atoms with Crippen LogP contribution in [0.1, 0.15) is 22.3 Å². The zero-order valence-electron chi connectivity index (χ0n) is 13.5. The van der Waals surface area contributed by atoms with Crippen molar-refractivity contribution < 1.29 is 14.0 Å². The van der Waals surface area contributed by atoms with Gasteiger partial charge in [0.15, 0.2) is 0 Å². The third-order valence-electron chi connectivity index (χ3n) is 4.17. The van der Waals surface area contributed by atoms with Gasteiger partial charge in [-0.25, -0.2) is 4.39 Å². The quantitative estimate of drug-likeness (QED) is 0.939. The van der Waals surface area contributed by atoms with Gasteiger partial charge in [0.1, 0.15) is 5.82 Å². The number of halogens is 1. The van der Waals surface area contributed by atoms with Crippen molar-refractivity contribution in [3.63, 3.8) is 0 Å². The summed E-state index contributed by atoms with van der Waals surface area (Å²) >= 11 is 0. The number of nitrogens with zero attached hydrogens (tertiary/aromatic N) is 1. The third-order valence-corrected chi connectivity index (χ3v) is 4.17. The van der Waals surface area contributed by atoms with Crippen molar-refractivity contribution in [1.29, 1.82) is 0 Å². The van der Waals surface area contributed by atoms with Crippen LogP contribution in [0.15, 0.2) is 48.5 Å². The summed E-state index contributed by atoms with van der Waals surface area (Å²) in [6, 6.07) is 13.3. The largest absolute Gasteiger partial charge is 0.352 e. The fraction of sp³-hybridized carbons (Fsp3) is 0.263. The second-order valence-corrected chi connectivity index (χ2v) is 6.13. The maximum absolute atomic E-state index is 13.0. The molecule has 1 aliphatic rings. The van der Waals surface area contributed by atoms with E-state index >= 15 is 0 Å². The van der Waals surface area contributed by atoms with Gasteiger partial charge in [-0.1, -0.05) is 17.7 Å². The number of carbonyl (C=O) groups excluding carboxylic acids is 2. The van der Waals surface area contributed by atoms with Gasteiger partial charge < -0.3 is 10.2 Å². The lowest BCUT2D eigenvalue weighted by Gasteiger charge is -2.17. The van der Waals surface area contributed by atoms with Crippen LogP contribution in [0, 0.1) is 18.7 Å². The predicted molar refractivity (Wildman–Crippen MR) is 90.4 cm³/mol. The molecule has 2 aromatic carbocycles. The van der Waals surface area contributed by atoms with Gasteiger partial charge in [-0.05, 0) is 43.3 Å². The lowest BCUT2D eigenvalue weighted by Crippen LogP contribution is -2.31. The summed E-state index contributed by atoms with van der Waals surface area (Å²) in [4.78, 5) is 26.0. The molecule has 0 bridgehead atoms. The molecule has 3 rings (SSSR count). The molecule has 4 nitrogen and oxygen atoms in total. The molecule has 1 saturated heterocycles. The first-order valence-corrected chi connectivity index (χ1v) is 7.94. The Labute approximate surface area is 140 Å². The molecule has 1 N–H and O–H groups in total. The normalized spacial score (nSPS) is 17.2. The number of carbonyl (C=O) groups is 2. The molecule has 1 atom stereocenters. The van der Waals surface area contributed by atoms with Gasteiger partial charge in [0.05, 0.1) is 0 Å². The Hall–Kier alpha value is -2.69. The van der Waals surface area contributed by atoms with E-state index in [-0.39, 0.29) is 23.5 Å². The monoisotopic (exact) mass is 326 g/mol. The number of hydrogen-bond donors (Lipinski definition) is 1. The van der Waals surface area contributed by atoms with E-state index < -0.39 is 0 Å². The van der Waals surface area contributed by atoms with Crippen molar-refractivity contribution in [2.24, 2.45) is 5.92 Å². The van der Waals surface area contributed by atoms with Crippen LogP contribution in [0.2, 0.25) is 0 Å². The van der Waals surface area contributed by atoms with Crippen LogP contribution in [0.3, 0.4) is 0 Å². The van der Waals surface area contributed by atoms with E-state index in [0.717, 1.165) is 5.56 Å². The number of anilines is 1. The molecule has 24 heavy (non-hydrogen) atoms. The second kappa shape index (κ2) is 6.83. The zero-order valence-corrected chi connectivity index (χ0v) is 13.5. The Morgan fingerprint density at radius 2 is 2.00 bits per heavy atom. The summed E-state index contributed by atoms with van der Waals surface area (Å²) in [5.74, 6) is -0.411. The highest BCUT2D eigenvalue weighted by Gasteiger charge is 2.30. The maximum Gasteiger partial charge on any atom is 0.251 e. The minimum absolute atomic E-state index is 0.00332. The fourth-order valence-corrected chi connectivity index (χ4v) is 2.91. The molecule has 2 aromatic rings. The predicted octanol–water partition coefficient (Wildman–Crippen LogP) is 2.92. The molecule has 0 radical (unpaired) electrons. The zero-order chi connectivity index (χ0) is 17.1. The highest BCUT2D eigenvalue weighted by Crippen LogP contribution is 2.24. The number of nitrogens with one attached hydrogen (secondary N) is 1. The van der Waals surface area contributed by atoms with Crippen LogP contribution in [0.4, 0.5) is 10.1 Å². The number of rotatable bonds is 4. The highest BCUT2D eigenvalue weighted by molar-refractivity contribution is 5.96. The average molecular weight is 326 g/mol. The molecule has 0 saturated carbocycles. The molecule has 1 fully saturated rings. The summed E-state index contributed by atoms with van der Waals surface area (Å²) in [5.41, 5.74) is 2.34. The van der Waals surface area contributed by atoms with E-state index in [9.17, 15) is 14.0 Å². The highest BCUT2D eigenvalue weighted by atomic mass is 19.1. The summed E-state index contributed by atoms with van der Waals surface area (Å²) in [6.45, 7) is 2.90. The smallest absolute Gasteiger partial charge is 0.251 e. The number of hydrogen-bond acceptors (Lipinski definition) is 2. The van der Waals surface area contributed by atoms with Crippen molar-refractivity contribution in [3.05, 3.63) is 65.5 Å². The third kappa shape index (κ3) is 3.62. The Balaban J connectivity index is 1.58. The molecular formula is C19H19FN2O2. The van der Waals surface area contributed by atoms with Crippen molar-refractivity contribution in [1.82, 2.24) is 5.32 Å². The van der Waals surface area contributed by atoms with Crippen molar-refractivity contribution in [2.45, 2.75) is 13.3 Å². The first-order valence-electron chi connectivity index (χ1n) is 7.94. The fourth-order valence-electron chi connectivity index (χ4n) is 2.91. The molecule has 1 heterocycles. The molecule has 5 heteroatoms. The van der Waals surface area contributed by atoms with Gasteiger partial charge in [0.2, 0.25) is 5.91 Å². The Bertz CT molecular complexity index is 758. The minimum Gasteiger partial charge on any atom is -0.352 e. The molecule has 0 aliphatic carbocycles. The standard InChI is InChI=1S/C19H19FN2O2/c1-13-3-2-4-15(9-13)19(24)21-11-14-10-18(23)22(12-14)17-7-5-16(20)6-8-17/h2-9,14H,10-12H2,1H3,(H,21,24). The molecule has 1 aliphatic heterocycles. The van der Waals surface area contributed by atoms with Gasteiger partial charge in [0, 0.05) is 36.7 Å². The van der Waals surface area contributed by atoms with Gasteiger partial charge in [-0.2, -0.15) is 0 Å². The van der Waals surface area contributed by atoms with Crippen molar-refractivity contribution >= 4 is 17.5 Å². The molecular weight excluding hydrogens is 307 g/mol. The van der Waals surface area contributed by atoms with Crippen LogP contribution in [0.25, 0.3) is 0 Å². The summed E-state index contributed by atoms with van der Waals surface area (Å²) in [5, 5.41) is 2.89. The van der Waals surface area contributed by atoms with Gasteiger partial charge in [-0.3, -0.25) is 9.59 Å². The van der Waals surface area contributed by atoms with E-state index in [1.54, 1.807) is 23.1 Å². The van der Waals surface area contributed by atoms with Crippen molar-refractivity contribution in [3.8, 4) is 0 Å². The summed E-state index contributed by atoms with van der Waals surface area (Å²) in [7, 11) is 0. The topological polar surface area (TPSA) is 49.4 Å². The first-order chi connectivity index (χ1) is 11.5. The van der Waals surface area contributed by atoms with E-state index in [0.29, 0.717) is 30.8 Å². The SMILES string of the molecule is Cc1cccc(C(=O)NCC2CC(=O)N(c3ccc(F)cc3)C2)c1. The Morgan fingerprint density at radius 3 is 2.71 bits per heavy atom. The van der Waals surface area contributed by atoms with Crippen molar-refractivity contribution in [2.75, 3.05) is 18.0 Å². The lowest BCUT2D eigenvalue weighted by atomic mass is 10.1. The van der Waals surface area contributed by atoms with E-state index in [1.165, 1.54) is 12.1 Å². The Morgan fingerprint density at radius 1 is 1.25 bits per heavy atom. The molecule has 124 valence electrons. The van der Waals surface area contributed by atoms with Gasteiger partial charge >= 0.3 is 0 Å². The molecule has 0 spiro atoms. The van der Waals surface area contributed by atoms with Crippen LogP contribution >= 0.6 is 0 Å². The minimum atomic E-state index is -0.327. The van der Waals surface area contributed by atoms with Gasteiger partial charge in [-0.15, -0.1) is 0 Å². The lowest BCUT2D eigenvalue weighted by molar-refractivity contribution is -0.117. The summed E-state index contributed by atoms with van der Waals surface area (Å²) in [6.07, 6.45) is 0.380. The van der Waals surface area contributed by atoms with E-state index in [4.69, 9.17) is 0 Å². The van der Waals surface area contributed by atoms with Crippen LogP contribution in [-0.4, -0.2) is 24.9 Å². The number of aryl methyl sites for hydroxylation is 1. The molecule has 2 amide bonds. The molecule has 1 unspecified atom stereocenters. The Kier molecular flexibility index (Phi) is 4.60. The second-order valence-electron chi connectivity index (χ2n) is 6.13. The average Bonchev–Trinajstić information content (AvgIpc) is 2.94.